The lowest BCUT2D eigenvalue weighted by atomic mass is 9.98. The summed E-state index contributed by atoms with van der Waals surface area (Å²) < 4.78 is 0. The van der Waals surface area contributed by atoms with Crippen molar-refractivity contribution in [1.29, 1.82) is 0 Å². The molecular formula is C34H38N4O5. The third-order valence-corrected chi connectivity index (χ3v) is 8.17. The van der Waals surface area contributed by atoms with Gasteiger partial charge in [-0.2, -0.15) is 0 Å². The van der Waals surface area contributed by atoms with Crippen molar-refractivity contribution in [2.24, 2.45) is 0 Å². The van der Waals surface area contributed by atoms with E-state index in [9.17, 15) is 24.9 Å². The Morgan fingerprint density at radius 2 is 1.30 bits per heavy atom. The van der Waals surface area contributed by atoms with Gasteiger partial charge in [0, 0.05) is 69.1 Å². The number of rotatable bonds is 11. The molecule has 0 saturated heterocycles. The molecule has 0 spiro atoms. The van der Waals surface area contributed by atoms with Crippen LogP contribution in [0.15, 0.2) is 13.2 Å². The Kier molecular flexibility index (Phi) is 8.88. The molecule has 9 nitrogen and oxygen atoms in total. The molecule has 0 atom stereocenters. The predicted molar refractivity (Wildman–Crippen MR) is 169 cm³/mol. The first kappa shape index (κ1) is 30.8. The van der Waals surface area contributed by atoms with Gasteiger partial charge in [0.25, 0.3) is 0 Å². The van der Waals surface area contributed by atoms with Gasteiger partial charge in [-0.3, -0.25) is 9.59 Å². The summed E-state index contributed by atoms with van der Waals surface area (Å²) in [5.74, 6) is -1.75. The highest BCUT2D eigenvalue weighted by Crippen LogP contribution is 2.28. The van der Waals surface area contributed by atoms with Crippen LogP contribution in [0.1, 0.15) is 74.6 Å². The van der Waals surface area contributed by atoms with Crippen molar-refractivity contribution in [3.8, 4) is 5.88 Å². The lowest BCUT2D eigenvalue weighted by molar-refractivity contribution is -0.138. The largest absolute Gasteiger partial charge is 0.494 e. The van der Waals surface area contributed by atoms with Crippen molar-refractivity contribution in [1.82, 2.24) is 19.9 Å². The summed E-state index contributed by atoms with van der Waals surface area (Å²) in [4.78, 5) is 36.3. The van der Waals surface area contributed by atoms with Crippen LogP contribution in [-0.4, -0.2) is 47.2 Å². The van der Waals surface area contributed by atoms with E-state index in [2.05, 4.69) is 45.4 Å². The summed E-state index contributed by atoms with van der Waals surface area (Å²) in [5, 5.41) is 32.1. The average molecular weight is 583 g/mol. The molecule has 0 bridgehead atoms. The van der Waals surface area contributed by atoms with Crippen LogP contribution >= 0.6 is 0 Å². The summed E-state index contributed by atoms with van der Waals surface area (Å²) in [6.45, 7) is 19.4. The van der Waals surface area contributed by atoms with Crippen LogP contribution in [0.25, 0.3) is 30.5 Å². The minimum absolute atomic E-state index is 0.0263. The van der Waals surface area contributed by atoms with E-state index in [1.807, 2.05) is 32.9 Å². The van der Waals surface area contributed by atoms with E-state index in [0.717, 1.165) is 66.9 Å². The molecule has 0 saturated carbocycles. The number of aliphatic carboxylic acids is 2. The minimum Gasteiger partial charge on any atom is -0.494 e. The topological polar surface area (TPSA) is 158 Å². The predicted octanol–water partition coefficient (Wildman–Crippen LogP) is 2.84. The van der Waals surface area contributed by atoms with Crippen LogP contribution in [-0.2, 0) is 28.9 Å². The molecule has 4 aromatic rings. The van der Waals surface area contributed by atoms with Gasteiger partial charge in [-0.05, 0) is 80.5 Å². The van der Waals surface area contributed by atoms with Crippen LogP contribution in [0.2, 0.25) is 0 Å². The van der Waals surface area contributed by atoms with E-state index in [1.165, 1.54) is 0 Å². The maximum atomic E-state index is 11.5. The number of carbonyl (C=O) groups is 2. The van der Waals surface area contributed by atoms with Crippen molar-refractivity contribution in [2.75, 3.05) is 0 Å². The maximum Gasteiger partial charge on any atom is 0.303 e. The summed E-state index contributed by atoms with van der Waals surface area (Å²) >= 11 is 0. The van der Waals surface area contributed by atoms with E-state index in [1.54, 1.807) is 13.0 Å². The number of hydrogen-bond acceptors (Lipinski definition) is 3. The van der Waals surface area contributed by atoms with E-state index in [4.69, 9.17) is 0 Å². The van der Waals surface area contributed by atoms with Gasteiger partial charge in [-0.25, -0.2) is 0 Å². The van der Waals surface area contributed by atoms with Gasteiger partial charge in [0.1, 0.15) is 0 Å². The minimum atomic E-state index is -0.898. The number of aromatic hydroxyl groups is 1. The fourth-order valence-electron chi connectivity index (χ4n) is 5.69. The normalized spacial score (nSPS) is 12.2. The number of carboxylic acid groups (broad SMARTS) is 2. The first-order chi connectivity index (χ1) is 20.4. The van der Waals surface area contributed by atoms with Crippen molar-refractivity contribution in [2.45, 2.75) is 59.8 Å². The van der Waals surface area contributed by atoms with Gasteiger partial charge in [-0.15, -0.1) is 5.73 Å². The molecule has 4 heterocycles. The van der Waals surface area contributed by atoms with Crippen LogP contribution in [0, 0.1) is 27.7 Å². The van der Waals surface area contributed by atoms with Gasteiger partial charge in [0.15, 0.2) is 5.88 Å². The second-order valence-electron chi connectivity index (χ2n) is 10.8. The molecule has 0 fully saturated rings. The number of nitrogens with one attached hydrogen (secondary N) is 4. The molecule has 0 aromatic carbocycles. The number of H-pyrrole nitrogens is 4. The molecule has 0 aliphatic carbocycles. The lowest BCUT2D eigenvalue weighted by Crippen LogP contribution is -2.23. The molecule has 4 rings (SSSR count). The molecule has 0 aliphatic rings. The lowest BCUT2D eigenvalue weighted by Gasteiger charge is -2.07. The summed E-state index contributed by atoms with van der Waals surface area (Å²) in [6, 6.07) is 0. The first-order valence-electron chi connectivity index (χ1n) is 14.0. The van der Waals surface area contributed by atoms with Gasteiger partial charge in [-0.1, -0.05) is 25.8 Å². The van der Waals surface area contributed by atoms with Gasteiger partial charge >= 0.3 is 11.9 Å². The van der Waals surface area contributed by atoms with Gasteiger partial charge in [0.2, 0.25) is 0 Å². The molecule has 7 N–H and O–H groups in total. The monoisotopic (exact) mass is 582 g/mol. The first-order valence-corrected chi connectivity index (χ1v) is 14.0. The standard InChI is InChI=1S/C34H38N4O5/c1-8-22-17(3)26(35-21(22)7)14-27-18(4)24(10-12-32(39)40)30(36-27)16-31-25(11-13-33(41)42)19(5)28(37-31)15-29-23(9-2)20(6)34(43)38-29/h8,14-15,35-38,43H,1-2,7,10-13,16H2,3-6H3,(H,39,40)(H,41,42). The molecule has 4 aromatic heterocycles. The second-order valence-corrected chi connectivity index (χ2v) is 10.8. The highest BCUT2D eigenvalue weighted by molar-refractivity contribution is 5.68. The van der Waals surface area contributed by atoms with Crippen molar-refractivity contribution >= 4 is 42.5 Å². The average Bonchev–Trinajstić information content (AvgIpc) is 3.59. The zero-order chi connectivity index (χ0) is 31.6. The fourth-order valence-corrected chi connectivity index (χ4v) is 5.69. The number of hydrogen-bond donors (Lipinski definition) is 7. The molecule has 0 unspecified atom stereocenters. The Hall–Kier alpha value is -5.14. The van der Waals surface area contributed by atoms with Crippen LogP contribution in [0.3, 0.4) is 0 Å². The van der Waals surface area contributed by atoms with Gasteiger partial charge < -0.3 is 35.3 Å². The highest BCUT2D eigenvalue weighted by atomic mass is 16.4. The zero-order valence-electron chi connectivity index (χ0n) is 25.0. The zero-order valence-corrected chi connectivity index (χ0v) is 25.0. The second kappa shape index (κ2) is 12.4. The molecule has 224 valence electrons. The van der Waals surface area contributed by atoms with Gasteiger partial charge in [0.05, 0.1) is 5.35 Å². The SMILES string of the molecule is C=C=c1c(C)c(O)[nH]c1=Cc1[nH]c(Cc2[nH]c(C=c3[nH]c(=C)c(C=C)c3C)c(C)c2CCC(=O)O)c(CCC(=O)O)c1C. The summed E-state index contributed by atoms with van der Waals surface area (Å²) in [5.41, 5.74) is 12.4. The summed E-state index contributed by atoms with van der Waals surface area (Å²) in [7, 11) is 0. The molecule has 0 radical (unpaired) electrons. The number of carboxylic acids is 2. The third-order valence-electron chi connectivity index (χ3n) is 8.17. The van der Waals surface area contributed by atoms with Crippen molar-refractivity contribution < 1.29 is 24.9 Å². The molecule has 0 aliphatic heterocycles. The number of aromatic amines is 4. The van der Waals surface area contributed by atoms with E-state index in [0.29, 0.717) is 35.4 Å². The molecule has 43 heavy (non-hydrogen) atoms. The van der Waals surface area contributed by atoms with E-state index in [-0.39, 0.29) is 18.7 Å². The molecule has 0 amide bonds. The van der Waals surface area contributed by atoms with Crippen LogP contribution in [0.4, 0.5) is 0 Å². The van der Waals surface area contributed by atoms with Crippen molar-refractivity contribution in [3.63, 3.8) is 0 Å². The van der Waals surface area contributed by atoms with E-state index >= 15 is 0 Å². The number of aromatic nitrogens is 4. The summed E-state index contributed by atoms with van der Waals surface area (Å²) in [6.07, 6.45) is 6.62. The Bertz CT molecular complexity index is 2010. The third kappa shape index (κ3) is 6.22. The van der Waals surface area contributed by atoms with Crippen molar-refractivity contribution in [3.05, 3.63) is 96.1 Å². The Morgan fingerprint density at radius 3 is 1.74 bits per heavy atom. The quantitative estimate of drug-likeness (QED) is 0.145. The van der Waals surface area contributed by atoms with E-state index < -0.39 is 11.9 Å². The van der Waals surface area contributed by atoms with Crippen LogP contribution < -0.4 is 21.3 Å². The molecule has 9 heteroatoms. The Balaban J connectivity index is 1.88. The Morgan fingerprint density at radius 1 is 0.791 bits per heavy atom. The smallest absolute Gasteiger partial charge is 0.303 e. The van der Waals surface area contributed by atoms with Crippen LogP contribution in [0.5, 0.6) is 5.88 Å². The molecular weight excluding hydrogens is 544 g/mol. The highest BCUT2D eigenvalue weighted by Gasteiger charge is 2.20. The maximum absolute atomic E-state index is 11.5. The fraction of sp³-hybridized carbons (Fsp3) is 0.265. The Labute approximate surface area is 249 Å².